The van der Waals surface area contributed by atoms with Crippen molar-refractivity contribution in [2.75, 3.05) is 7.11 Å². The molecular formula is C21H34FNO. The maximum atomic E-state index is 13.4. The third kappa shape index (κ3) is 5.31. The molecule has 0 heterocycles. The van der Waals surface area contributed by atoms with Gasteiger partial charge in [-0.2, -0.15) is 9.65 Å². The highest BCUT2D eigenvalue weighted by Gasteiger charge is 2.37. The van der Waals surface area contributed by atoms with Crippen LogP contribution >= 0.6 is 0 Å². The van der Waals surface area contributed by atoms with E-state index in [4.69, 9.17) is 10.00 Å². The molecule has 2 saturated carbocycles. The minimum atomic E-state index is -0.706. The lowest BCUT2D eigenvalue weighted by atomic mass is 9.67. The summed E-state index contributed by atoms with van der Waals surface area (Å²) in [5, 5.41) is 8.68. The van der Waals surface area contributed by atoms with Gasteiger partial charge in [0.25, 0.3) is 0 Å². The van der Waals surface area contributed by atoms with E-state index in [1.165, 1.54) is 57.4 Å². The third-order valence-corrected chi connectivity index (χ3v) is 6.55. The molecule has 0 radical (unpaired) electrons. The number of hydrogen-bond donors (Lipinski definition) is 0. The lowest BCUT2D eigenvalue weighted by Crippen LogP contribution is -2.37. The average Bonchev–Trinajstić information content (AvgIpc) is 2.63. The summed E-state index contributed by atoms with van der Waals surface area (Å²) in [7, 11) is 1.64. The molecule has 2 nitrogen and oxygen atoms in total. The first-order valence-electron chi connectivity index (χ1n) is 9.96. The molecule has 0 bridgehead atoms. The highest BCUT2D eigenvalue weighted by atomic mass is 19.1. The maximum Gasteiger partial charge on any atom is 0.198 e. The molecule has 0 saturated heterocycles. The first-order chi connectivity index (χ1) is 11.6. The highest BCUT2D eigenvalue weighted by Crippen LogP contribution is 2.44. The van der Waals surface area contributed by atoms with Crippen molar-refractivity contribution in [3.05, 3.63) is 11.9 Å². The second kappa shape index (κ2) is 9.56. The number of nitriles is 1. The molecule has 0 amide bonds. The van der Waals surface area contributed by atoms with Crippen LogP contribution in [-0.2, 0) is 4.74 Å². The Morgan fingerprint density at radius 2 is 1.75 bits per heavy atom. The molecule has 0 aromatic carbocycles. The van der Waals surface area contributed by atoms with Gasteiger partial charge in [-0.05, 0) is 62.4 Å². The van der Waals surface area contributed by atoms with E-state index in [2.05, 4.69) is 6.92 Å². The molecule has 3 heteroatoms. The SMILES string of the molecule is CCCCCC1CCC(C2CCC(C=C(F)C#N)(OC)CC2)CC1. The molecule has 2 rings (SSSR count). The number of unbranched alkanes of at least 4 members (excludes halogenated alkanes) is 2. The Labute approximate surface area is 147 Å². The van der Waals surface area contributed by atoms with Gasteiger partial charge >= 0.3 is 0 Å². The van der Waals surface area contributed by atoms with Crippen molar-refractivity contribution in [3.63, 3.8) is 0 Å². The highest BCUT2D eigenvalue weighted by molar-refractivity contribution is 5.19. The van der Waals surface area contributed by atoms with Gasteiger partial charge in [0.15, 0.2) is 5.83 Å². The Hall–Kier alpha value is -0.880. The van der Waals surface area contributed by atoms with Crippen molar-refractivity contribution >= 4 is 0 Å². The van der Waals surface area contributed by atoms with E-state index in [1.54, 1.807) is 13.2 Å². The molecule has 0 aromatic heterocycles. The van der Waals surface area contributed by atoms with Gasteiger partial charge in [-0.3, -0.25) is 0 Å². The number of hydrogen-bond acceptors (Lipinski definition) is 2. The van der Waals surface area contributed by atoms with E-state index in [1.807, 2.05) is 0 Å². The molecule has 0 atom stereocenters. The van der Waals surface area contributed by atoms with E-state index in [0.29, 0.717) is 0 Å². The van der Waals surface area contributed by atoms with Crippen molar-refractivity contribution in [2.45, 2.75) is 89.6 Å². The predicted molar refractivity (Wildman–Crippen MR) is 96.1 cm³/mol. The summed E-state index contributed by atoms with van der Waals surface area (Å²) in [4.78, 5) is 0. The Bertz CT molecular complexity index is 437. The summed E-state index contributed by atoms with van der Waals surface area (Å²) in [6, 6.07) is 1.59. The van der Waals surface area contributed by atoms with Crippen molar-refractivity contribution in [3.8, 4) is 6.07 Å². The molecule has 0 aromatic rings. The van der Waals surface area contributed by atoms with Gasteiger partial charge in [-0.25, -0.2) is 0 Å². The minimum Gasteiger partial charge on any atom is -0.374 e. The van der Waals surface area contributed by atoms with Crippen LogP contribution in [0.4, 0.5) is 4.39 Å². The van der Waals surface area contributed by atoms with Gasteiger partial charge in [0.05, 0.1) is 5.60 Å². The van der Waals surface area contributed by atoms with E-state index in [0.717, 1.165) is 43.4 Å². The van der Waals surface area contributed by atoms with Crippen molar-refractivity contribution in [1.29, 1.82) is 5.26 Å². The fourth-order valence-corrected chi connectivity index (χ4v) is 4.90. The Morgan fingerprint density at radius 1 is 1.12 bits per heavy atom. The summed E-state index contributed by atoms with van der Waals surface area (Å²) in [6.07, 6.45) is 16.4. The van der Waals surface area contributed by atoms with Gasteiger partial charge in [-0.1, -0.05) is 45.4 Å². The van der Waals surface area contributed by atoms with E-state index in [9.17, 15) is 4.39 Å². The zero-order valence-corrected chi connectivity index (χ0v) is 15.5. The summed E-state index contributed by atoms with van der Waals surface area (Å²) in [5.74, 6) is 1.88. The molecule has 0 aliphatic heterocycles. The first kappa shape index (κ1) is 19.4. The Morgan fingerprint density at radius 3 is 2.29 bits per heavy atom. The zero-order chi connectivity index (χ0) is 17.4. The molecule has 0 N–H and O–H groups in total. The molecule has 2 aliphatic rings. The van der Waals surface area contributed by atoms with Crippen LogP contribution < -0.4 is 0 Å². The largest absolute Gasteiger partial charge is 0.374 e. The Kier molecular flexibility index (Phi) is 7.75. The van der Waals surface area contributed by atoms with Crippen LogP contribution in [-0.4, -0.2) is 12.7 Å². The van der Waals surface area contributed by atoms with Gasteiger partial charge in [0.2, 0.25) is 0 Å². The molecule has 2 aliphatic carbocycles. The predicted octanol–water partition coefficient (Wildman–Crippen LogP) is 6.33. The van der Waals surface area contributed by atoms with Crippen LogP contribution in [0.25, 0.3) is 0 Å². The first-order valence-corrected chi connectivity index (χ1v) is 9.96. The molecule has 0 unspecified atom stereocenters. The van der Waals surface area contributed by atoms with Crippen LogP contribution in [0.1, 0.15) is 84.0 Å². The normalized spacial score (nSPS) is 34.8. The summed E-state index contributed by atoms with van der Waals surface area (Å²) in [6.45, 7) is 2.28. The van der Waals surface area contributed by atoms with Crippen molar-refractivity contribution in [2.24, 2.45) is 17.8 Å². The Balaban J connectivity index is 1.78. The second-order valence-corrected chi connectivity index (χ2v) is 7.99. The van der Waals surface area contributed by atoms with Gasteiger partial charge in [0.1, 0.15) is 6.07 Å². The smallest absolute Gasteiger partial charge is 0.198 e. The van der Waals surface area contributed by atoms with Crippen LogP contribution in [0.15, 0.2) is 11.9 Å². The maximum absolute atomic E-state index is 13.4. The number of methoxy groups -OCH3 is 1. The van der Waals surface area contributed by atoms with Crippen LogP contribution in [0.5, 0.6) is 0 Å². The third-order valence-electron chi connectivity index (χ3n) is 6.55. The van der Waals surface area contributed by atoms with Crippen LogP contribution in [0.2, 0.25) is 0 Å². The van der Waals surface area contributed by atoms with Crippen LogP contribution in [0, 0.1) is 29.1 Å². The summed E-state index contributed by atoms with van der Waals surface area (Å²) < 4.78 is 19.0. The number of ether oxygens (including phenoxy) is 1. The van der Waals surface area contributed by atoms with Gasteiger partial charge < -0.3 is 4.74 Å². The standard InChI is InChI=1S/C21H34FNO/c1-3-4-5-6-17-7-9-18(10-8-17)19-11-13-21(24-2,14-12-19)15-20(22)16-23/h15,17-19H,3-14H2,1-2H3. The molecular weight excluding hydrogens is 301 g/mol. The molecule has 24 heavy (non-hydrogen) atoms. The fraction of sp³-hybridized carbons (Fsp3) is 0.857. The van der Waals surface area contributed by atoms with Gasteiger partial charge in [-0.15, -0.1) is 0 Å². The van der Waals surface area contributed by atoms with Gasteiger partial charge in [0, 0.05) is 7.11 Å². The lowest BCUT2D eigenvalue weighted by molar-refractivity contribution is -0.0211. The number of halogens is 1. The quantitative estimate of drug-likeness (QED) is 0.402. The number of nitrogens with zero attached hydrogens (tertiary/aromatic N) is 1. The van der Waals surface area contributed by atoms with E-state index >= 15 is 0 Å². The zero-order valence-electron chi connectivity index (χ0n) is 15.5. The monoisotopic (exact) mass is 335 g/mol. The van der Waals surface area contributed by atoms with Crippen molar-refractivity contribution in [1.82, 2.24) is 0 Å². The summed E-state index contributed by atoms with van der Waals surface area (Å²) in [5.41, 5.74) is -0.548. The van der Waals surface area contributed by atoms with E-state index in [-0.39, 0.29) is 0 Å². The number of rotatable bonds is 7. The van der Waals surface area contributed by atoms with E-state index < -0.39 is 11.4 Å². The summed E-state index contributed by atoms with van der Waals surface area (Å²) >= 11 is 0. The minimum absolute atomic E-state index is 0.548. The number of allylic oxidation sites excluding steroid dienone is 1. The topological polar surface area (TPSA) is 33.0 Å². The molecule has 136 valence electrons. The molecule has 0 spiro atoms. The second-order valence-electron chi connectivity index (χ2n) is 7.99. The molecule has 2 fully saturated rings. The van der Waals surface area contributed by atoms with Crippen LogP contribution in [0.3, 0.4) is 0 Å². The fourth-order valence-electron chi connectivity index (χ4n) is 4.90. The van der Waals surface area contributed by atoms with Crippen molar-refractivity contribution < 1.29 is 9.13 Å². The lowest BCUT2D eigenvalue weighted by Gasteiger charge is -2.41. The average molecular weight is 336 g/mol.